The van der Waals surface area contributed by atoms with Gasteiger partial charge in [-0.15, -0.1) is 11.3 Å². The van der Waals surface area contributed by atoms with Crippen LogP contribution >= 0.6 is 11.3 Å². The first kappa shape index (κ1) is 21.1. The van der Waals surface area contributed by atoms with Crippen LogP contribution < -0.4 is 10.6 Å². The van der Waals surface area contributed by atoms with Gasteiger partial charge < -0.3 is 20.5 Å². The van der Waals surface area contributed by atoms with Crippen LogP contribution in [-0.4, -0.2) is 71.3 Å². The molecule has 2 aliphatic heterocycles. The lowest BCUT2D eigenvalue weighted by molar-refractivity contribution is -0.149. The topological polar surface area (TPSA) is 104 Å². The van der Waals surface area contributed by atoms with Gasteiger partial charge in [0, 0.05) is 13.1 Å². The highest BCUT2D eigenvalue weighted by atomic mass is 32.1. The highest BCUT2D eigenvalue weighted by Crippen LogP contribution is 2.27. The predicted octanol–water partition coefficient (Wildman–Crippen LogP) is 0.685. The van der Waals surface area contributed by atoms with Gasteiger partial charge in [0.1, 0.15) is 6.04 Å². The number of benzene rings is 1. The summed E-state index contributed by atoms with van der Waals surface area (Å²) in [5.74, 6) is -0.614. The Kier molecular flexibility index (Phi) is 6.55. The molecule has 9 heteroatoms. The number of aliphatic hydroxyl groups excluding tert-OH is 1. The van der Waals surface area contributed by atoms with Crippen LogP contribution in [0.25, 0.3) is 10.4 Å². The van der Waals surface area contributed by atoms with Crippen molar-refractivity contribution in [3.8, 4) is 10.4 Å². The average Bonchev–Trinajstić information content (AvgIpc) is 3.40. The lowest BCUT2D eigenvalue weighted by Gasteiger charge is -2.30. The fourth-order valence-corrected chi connectivity index (χ4v) is 4.60. The summed E-state index contributed by atoms with van der Waals surface area (Å²) in [6.45, 7) is 3.86. The minimum absolute atomic E-state index is 0.173. The fraction of sp³-hybridized carbons (Fsp3) is 0.476. The van der Waals surface area contributed by atoms with Crippen molar-refractivity contribution in [3.63, 3.8) is 0 Å². The van der Waals surface area contributed by atoms with E-state index in [0.29, 0.717) is 26.1 Å². The Labute approximate surface area is 179 Å². The van der Waals surface area contributed by atoms with Gasteiger partial charge in [-0.25, -0.2) is 4.98 Å². The number of nitrogens with zero attached hydrogens (tertiary/aromatic N) is 2. The number of aryl methyl sites for hydroxylation is 1. The van der Waals surface area contributed by atoms with Gasteiger partial charge in [-0.2, -0.15) is 0 Å². The molecule has 3 heterocycles. The molecule has 0 unspecified atom stereocenters. The van der Waals surface area contributed by atoms with E-state index in [1.54, 1.807) is 11.3 Å². The van der Waals surface area contributed by atoms with Crippen LogP contribution in [0.15, 0.2) is 29.8 Å². The Morgan fingerprint density at radius 3 is 2.60 bits per heavy atom. The van der Waals surface area contributed by atoms with Crippen LogP contribution in [0.5, 0.6) is 0 Å². The van der Waals surface area contributed by atoms with Crippen molar-refractivity contribution in [1.82, 2.24) is 20.5 Å². The summed E-state index contributed by atoms with van der Waals surface area (Å²) in [4.78, 5) is 33.0. The number of rotatable bonds is 5. The number of imide groups is 1. The lowest BCUT2D eigenvalue weighted by Crippen LogP contribution is -2.56. The maximum absolute atomic E-state index is 13.1. The first-order chi connectivity index (χ1) is 14.5. The normalized spacial score (nSPS) is 24.0. The van der Waals surface area contributed by atoms with Crippen molar-refractivity contribution in [3.05, 3.63) is 41.0 Å². The summed E-state index contributed by atoms with van der Waals surface area (Å²) < 4.78 is 5.41. The van der Waals surface area contributed by atoms with Crippen LogP contribution in [-0.2, 0) is 20.9 Å². The molecule has 30 heavy (non-hydrogen) atoms. The van der Waals surface area contributed by atoms with Gasteiger partial charge in [0.25, 0.3) is 0 Å². The fourth-order valence-electron chi connectivity index (χ4n) is 3.79. The van der Waals surface area contributed by atoms with E-state index in [4.69, 9.17) is 4.74 Å². The number of morpholine rings is 1. The minimum Gasteiger partial charge on any atom is -0.392 e. The molecule has 2 aliphatic rings. The number of hydrogen-bond donors (Lipinski definition) is 3. The molecule has 3 atom stereocenters. The highest BCUT2D eigenvalue weighted by Gasteiger charge is 2.37. The van der Waals surface area contributed by atoms with Gasteiger partial charge >= 0.3 is 0 Å². The molecule has 8 nitrogen and oxygen atoms in total. The molecule has 2 fully saturated rings. The molecule has 2 saturated heterocycles. The summed E-state index contributed by atoms with van der Waals surface area (Å²) in [5.41, 5.74) is 4.72. The van der Waals surface area contributed by atoms with Gasteiger partial charge in [-0.3, -0.25) is 14.5 Å². The Balaban J connectivity index is 1.53. The standard InChI is InChI=1S/C21H26N4O4S/c1-13-19(30-12-24-13)15-4-2-14(3-5-15)10-25(20(27)17-8-16(26)9-23-17)21(28)18-11-29-7-6-22-18/h2-5,12,16-18,22-23,26H,6-11H2,1H3/t16-,17+,18+/m1/s1. The third-order valence-corrected chi connectivity index (χ3v) is 6.44. The maximum Gasteiger partial charge on any atom is 0.249 e. The van der Waals surface area contributed by atoms with Crippen LogP contribution in [0.4, 0.5) is 0 Å². The van der Waals surface area contributed by atoms with Gasteiger partial charge in [0.2, 0.25) is 11.8 Å². The zero-order valence-electron chi connectivity index (χ0n) is 16.8. The second-order valence-electron chi connectivity index (χ2n) is 7.66. The molecule has 0 radical (unpaired) electrons. The summed E-state index contributed by atoms with van der Waals surface area (Å²) in [6, 6.07) is 6.74. The minimum atomic E-state index is -0.575. The van der Waals surface area contributed by atoms with E-state index in [-0.39, 0.29) is 25.0 Å². The van der Waals surface area contributed by atoms with Crippen molar-refractivity contribution in [2.75, 3.05) is 26.3 Å². The van der Waals surface area contributed by atoms with Crippen LogP contribution in [0, 0.1) is 6.92 Å². The monoisotopic (exact) mass is 430 g/mol. The van der Waals surface area contributed by atoms with E-state index in [2.05, 4.69) is 15.6 Å². The second-order valence-corrected chi connectivity index (χ2v) is 8.51. The summed E-state index contributed by atoms with van der Waals surface area (Å²) in [7, 11) is 0. The molecule has 2 aromatic rings. The Hall–Kier alpha value is -2.17. The Morgan fingerprint density at radius 2 is 2.00 bits per heavy atom. The van der Waals surface area contributed by atoms with E-state index >= 15 is 0 Å². The summed E-state index contributed by atoms with van der Waals surface area (Å²) in [6.07, 6.45) is -0.269. The zero-order valence-corrected chi connectivity index (χ0v) is 17.7. The number of nitrogens with one attached hydrogen (secondary N) is 2. The van der Waals surface area contributed by atoms with Gasteiger partial charge in [-0.05, 0) is 24.5 Å². The molecule has 2 amide bonds. The lowest BCUT2D eigenvalue weighted by atomic mass is 10.1. The highest BCUT2D eigenvalue weighted by molar-refractivity contribution is 7.13. The van der Waals surface area contributed by atoms with Crippen LogP contribution in [0.3, 0.4) is 0 Å². The van der Waals surface area contributed by atoms with Crippen molar-refractivity contribution in [2.24, 2.45) is 0 Å². The number of amides is 2. The Morgan fingerprint density at radius 1 is 1.23 bits per heavy atom. The van der Waals surface area contributed by atoms with Gasteiger partial charge in [0.05, 0.1) is 48.0 Å². The number of aliphatic hydroxyl groups is 1. The molecule has 4 rings (SSSR count). The first-order valence-corrected chi connectivity index (χ1v) is 11.0. The van der Waals surface area contributed by atoms with Crippen molar-refractivity contribution in [2.45, 2.75) is 38.1 Å². The second kappa shape index (κ2) is 9.32. The zero-order chi connectivity index (χ0) is 21.1. The smallest absolute Gasteiger partial charge is 0.249 e. The molecule has 0 spiro atoms. The SMILES string of the molecule is Cc1ncsc1-c1ccc(CN(C(=O)[C@@H]2COCCN2)C(=O)[C@@H]2C[C@@H](O)CN2)cc1. The molecule has 1 aromatic heterocycles. The van der Waals surface area contributed by atoms with Crippen LogP contribution in [0.2, 0.25) is 0 Å². The molecule has 0 saturated carbocycles. The molecule has 0 aliphatic carbocycles. The van der Waals surface area contributed by atoms with Crippen molar-refractivity contribution < 1.29 is 19.4 Å². The molecular weight excluding hydrogens is 404 g/mol. The van der Waals surface area contributed by atoms with Crippen LogP contribution in [0.1, 0.15) is 17.7 Å². The van der Waals surface area contributed by atoms with Gasteiger partial charge in [0.15, 0.2) is 0 Å². The number of thiazole rings is 1. The maximum atomic E-state index is 13.1. The van der Waals surface area contributed by atoms with Crippen molar-refractivity contribution in [1.29, 1.82) is 0 Å². The van der Waals surface area contributed by atoms with E-state index in [1.165, 1.54) is 4.90 Å². The molecular formula is C21H26N4O4S. The largest absolute Gasteiger partial charge is 0.392 e. The third-order valence-electron chi connectivity index (χ3n) is 5.46. The number of carbonyl (C=O) groups excluding carboxylic acids is 2. The van der Waals surface area contributed by atoms with E-state index in [1.807, 2.05) is 36.7 Å². The van der Waals surface area contributed by atoms with E-state index in [0.717, 1.165) is 21.7 Å². The third kappa shape index (κ3) is 4.60. The molecule has 3 N–H and O–H groups in total. The van der Waals surface area contributed by atoms with Gasteiger partial charge in [-0.1, -0.05) is 24.3 Å². The number of carbonyl (C=O) groups is 2. The number of aromatic nitrogens is 1. The average molecular weight is 431 g/mol. The van der Waals surface area contributed by atoms with E-state index in [9.17, 15) is 14.7 Å². The Bertz CT molecular complexity index is 878. The molecule has 0 bridgehead atoms. The number of ether oxygens (including phenoxy) is 1. The van der Waals surface area contributed by atoms with E-state index < -0.39 is 18.2 Å². The molecule has 1 aromatic carbocycles. The summed E-state index contributed by atoms with van der Waals surface area (Å²) >= 11 is 1.58. The van der Waals surface area contributed by atoms with Crippen molar-refractivity contribution >= 4 is 23.2 Å². The quantitative estimate of drug-likeness (QED) is 0.600. The number of hydrogen-bond acceptors (Lipinski definition) is 8. The summed E-state index contributed by atoms with van der Waals surface area (Å²) in [5, 5.41) is 15.9. The predicted molar refractivity (Wildman–Crippen MR) is 113 cm³/mol. The number of β-amino-alcohol motifs (C(OH)–C–C–N with tert-alkyl or cyclic N) is 1. The molecule has 160 valence electrons. The first-order valence-electron chi connectivity index (χ1n) is 10.1.